The zero-order valence-corrected chi connectivity index (χ0v) is 10.5. The van der Waals surface area contributed by atoms with Crippen LogP contribution in [0.3, 0.4) is 0 Å². The van der Waals surface area contributed by atoms with Crippen molar-refractivity contribution in [2.45, 2.75) is 0 Å². The quantitative estimate of drug-likeness (QED) is 0.676. The molecule has 0 radical (unpaired) electrons. The van der Waals surface area contributed by atoms with Crippen LogP contribution in [-0.2, 0) is 0 Å². The predicted octanol–water partition coefficient (Wildman–Crippen LogP) is 2.61. The van der Waals surface area contributed by atoms with Gasteiger partial charge in [-0.05, 0) is 30.3 Å². The Labute approximate surface area is 114 Å². The molecule has 20 heavy (non-hydrogen) atoms. The Kier molecular flexibility index (Phi) is 3.77. The Morgan fingerprint density at radius 2 is 2.00 bits per heavy atom. The Balaban J connectivity index is 2.25. The maximum absolute atomic E-state index is 10.7. The summed E-state index contributed by atoms with van der Waals surface area (Å²) in [5.41, 5.74) is 0.192. The minimum atomic E-state index is -0.636. The van der Waals surface area contributed by atoms with Gasteiger partial charge in [-0.25, -0.2) is 4.98 Å². The first-order valence-electron chi connectivity index (χ1n) is 5.60. The van der Waals surface area contributed by atoms with Crippen LogP contribution in [0.1, 0.15) is 5.69 Å². The number of ether oxygens (including phenoxy) is 1. The fourth-order valence-corrected chi connectivity index (χ4v) is 1.57. The average Bonchev–Trinajstić information content (AvgIpc) is 2.47. The van der Waals surface area contributed by atoms with E-state index >= 15 is 0 Å². The van der Waals surface area contributed by atoms with Crippen molar-refractivity contribution < 1.29 is 9.66 Å². The number of methoxy groups -OCH3 is 1. The van der Waals surface area contributed by atoms with Gasteiger partial charge in [-0.3, -0.25) is 10.1 Å². The molecule has 1 N–H and O–H groups in total. The molecule has 7 heteroatoms. The maximum atomic E-state index is 10.7. The van der Waals surface area contributed by atoms with Crippen molar-refractivity contribution in [1.82, 2.24) is 4.98 Å². The Morgan fingerprint density at radius 3 is 2.55 bits per heavy atom. The van der Waals surface area contributed by atoms with Crippen molar-refractivity contribution >= 4 is 17.2 Å². The summed E-state index contributed by atoms with van der Waals surface area (Å²) in [6.45, 7) is 0. The second-order valence-electron chi connectivity index (χ2n) is 3.79. The first-order chi connectivity index (χ1) is 9.63. The normalized spacial score (nSPS) is 9.60. The van der Waals surface area contributed by atoms with Crippen LogP contribution in [0, 0.1) is 21.4 Å². The van der Waals surface area contributed by atoms with Gasteiger partial charge < -0.3 is 10.1 Å². The molecule has 0 unspecified atom stereocenters. The Morgan fingerprint density at radius 1 is 1.30 bits per heavy atom. The number of benzene rings is 1. The summed E-state index contributed by atoms with van der Waals surface area (Å²) in [7, 11) is 1.57. The number of anilines is 2. The van der Waals surface area contributed by atoms with Crippen LogP contribution in [0.25, 0.3) is 0 Å². The van der Waals surface area contributed by atoms with Gasteiger partial charge in [0.1, 0.15) is 17.6 Å². The van der Waals surface area contributed by atoms with Crippen LogP contribution in [0.15, 0.2) is 36.4 Å². The number of pyridine rings is 1. The number of nitrogens with one attached hydrogen (secondary N) is 1. The van der Waals surface area contributed by atoms with E-state index in [-0.39, 0.29) is 11.4 Å². The standard InChI is InChI=1S/C13H10N4O3/c1-20-10-4-2-9(3-5-10)15-13-7-6-12(17(18)19)11(8-14)16-13/h2-7H,1H3,(H,15,16). The van der Waals surface area contributed by atoms with Gasteiger partial charge in [0.2, 0.25) is 5.69 Å². The fourth-order valence-electron chi connectivity index (χ4n) is 1.57. The third-order valence-electron chi connectivity index (χ3n) is 2.54. The van der Waals surface area contributed by atoms with Crippen molar-refractivity contribution in [3.8, 4) is 11.8 Å². The second-order valence-corrected chi connectivity index (χ2v) is 3.79. The van der Waals surface area contributed by atoms with Gasteiger partial charge >= 0.3 is 5.69 Å². The zero-order chi connectivity index (χ0) is 14.5. The van der Waals surface area contributed by atoms with Gasteiger partial charge in [-0.1, -0.05) is 0 Å². The van der Waals surface area contributed by atoms with Gasteiger partial charge in [0.15, 0.2) is 0 Å². The van der Waals surface area contributed by atoms with E-state index in [0.29, 0.717) is 11.6 Å². The molecule has 7 nitrogen and oxygen atoms in total. The molecule has 0 spiro atoms. The highest BCUT2D eigenvalue weighted by molar-refractivity contribution is 5.60. The highest BCUT2D eigenvalue weighted by Crippen LogP contribution is 2.22. The van der Waals surface area contributed by atoms with Crippen molar-refractivity contribution in [1.29, 1.82) is 5.26 Å². The van der Waals surface area contributed by atoms with E-state index in [4.69, 9.17) is 10.00 Å². The third kappa shape index (κ3) is 2.81. The summed E-state index contributed by atoms with van der Waals surface area (Å²) >= 11 is 0. The summed E-state index contributed by atoms with van der Waals surface area (Å²) in [5, 5.41) is 22.5. The summed E-state index contributed by atoms with van der Waals surface area (Å²) in [5.74, 6) is 1.07. The number of nitro groups is 1. The molecular formula is C13H10N4O3. The molecule has 2 aromatic rings. The lowest BCUT2D eigenvalue weighted by Gasteiger charge is -2.06. The number of hydrogen-bond donors (Lipinski definition) is 1. The molecule has 0 fully saturated rings. The first-order valence-corrected chi connectivity index (χ1v) is 5.60. The number of rotatable bonds is 4. The minimum absolute atomic E-state index is 0.228. The number of nitriles is 1. The lowest BCUT2D eigenvalue weighted by Crippen LogP contribution is -1.99. The van der Waals surface area contributed by atoms with E-state index < -0.39 is 4.92 Å². The lowest BCUT2D eigenvalue weighted by molar-refractivity contribution is -0.385. The predicted molar refractivity (Wildman–Crippen MR) is 71.9 cm³/mol. The van der Waals surface area contributed by atoms with Crippen LogP contribution < -0.4 is 10.1 Å². The second kappa shape index (κ2) is 5.67. The van der Waals surface area contributed by atoms with Gasteiger partial charge in [0.05, 0.1) is 12.0 Å². The molecule has 2 rings (SSSR count). The van der Waals surface area contributed by atoms with Gasteiger partial charge in [0, 0.05) is 11.8 Å². The summed E-state index contributed by atoms with van der Waals surface area (Å²) in [6.07, 6.45) is 0. The molecular weight excluding hydrogens is 260 g/mol. The Bertz CT molecular complexity index is 677. The number of hydrogen-bond acceptors (Lipinski definition) is 6. The monoisotopic (exact) mass is 270 g/mol. The highest BCUT2D eigenvalue weighted by Gasteiger charge is 2.15. The van der Waals surface area contributed by atoms with E-state index in [1.807, 2.05) is 0 Å². The maximum Gasteiger partial charge on any atom is 0.305 e. The molecule has 1 aromatic carbocycles. The molecule has 0 saturated carbocycles. The van der Waals surface area contributed by atoms with Crippen LogP contribution in [0.5, 0.6) is 5.75 Å². The van der Waals surface area contributed by atoms with Gasteiger partial charge in [-0.15, -0.1) is 0 Å². The number of aromatic nitrogens is 1. The van der Waals surface area contributed by atoms with Crippen molar-refractivity contribution in [2.75, 3.05) is 12.4 Å². The molecule has 0 bridgehead atoms. The SMILES string of the molecule is COc1ccc(Nc2ccc([N+](=O)[O-])c(C#N)n2)cc1. The molecule has 0 amide bonds. The van der Waals surface area contributed by atoms with Crippen molar-refractivity contribution in [3.05, 3.63) is 52.2 Å². The van der Waals surface area contributed by atoms with Crippen LogP contribution >= 0.6 is 0 Å². The summed E-state index contributed by atoms with van der Waals surface area (Å²) in [4.78, 5) is 14.0. The minimum Gasteiger partial charge on any atom is -0.497 e. The molecule has 0 saturated heterocycles. The summed E-state index contributed by atoms with van der Waals surface area (Å²) < 4.78 is 5.04. The van der Waals surface area contributed by atoms with Crippen LogP contribution in [0.4, 0.5) is 17.2 Å². The number of nitrogens with zero attached hydrogens (tertiary/aromatic N) is 3. The van der Waals surface area contributed by atoms with E-state index in [9.17, 15) is 10.1 Å². The highest BCUT2D eigenvalue weighted by atomic mass is 16.6. The van der Waals surface area contributed by atoms with E-state index in [2.05, 4.69) is 10.3 Å². The molecule has 0 aliphatic carbocycles. The Hall–Kier alpha value is -3.14. The van der Waals surface area contributed by atoms with Gasteiger partial charge in [0.25, 0.3) is 0 Å². The van der Waals surface area contributed by atoms with Crippen molar-refractivity contribution in [2.24, 2.45) is 0 Å². The molecule has 1 heterocycles. The zero-order valence-electron chi connectivity index (χ0n) is 10.5. The molecule has 0 aliphatic heterocycles. The summed E-state index contributed by atoms with van der Waals surface area (Å²) in [6, 6.07) is 11.5. The topological polar surface area (TPSA) is 101 Å². The average molecular weight is 270 g/mol. The third-order valence-corrected chi connectivity index (χ3v) is 2.54. The van der Waals surface area contributed by atoms with E-state index in [0.717, 1.165) is 5.69 Å². The van der Waals surface area contributed by atoms with Gasteiger partial charge in [-0.2, -0.15) is 5.26 Å². The fraction of sp³-hybridized carbons (Fsp3) is 0.0769. The van der Waals surface area contributed by atoms with Crippen LogP contribution in [-0.4, -0.2) is 17.0 Å². The molecule has 0 aliphatic rings. The van der Waals surface area contributed by atoms with E-state index in [1.54, 1.807) is 37.4 Å². The largest absolute Gasteiger partial charge is 0.497 e. The first kappa shape index (κ1) is 13.3. The lowest BCUT2D eigenvalue weighted by atomic mass is 10.3. The molecule has 1 aromatic heterocycles. The van der Waals surface area contributed by atoms with Crippen LogP contribution in [0.2, 0.25) is 0 Å². The van der Waals surface area contributed by atoms with E-state index in [1.165, 1.54) is 12.1 Å². The van der Waals surface area contributed by atoms with Crippen molar-refractivity contribution in [3.63, 3.8) is 0 Å². The smallest absolute Gasteiger partial charge is 0.305 e. The molecule has 100 valence electrons. The molecule has 0 atom stereocenters.